The molecule has 122 valence electrons. The van der Waals surface area contributed by atoms with Crippen LogP contribution in [0, 0.1) is 0 Å². The molecule has 1 fully saturated rings. The summed E-state index contributed by atoms with van der Waals surface area (Å²) in [6, 6.07) is 7.17. The highest BCUT2D eigenvalue weighted by atomic mass is 35.5. The second kappa shape index (κ2) is 7.23. The summed E-state index contributed by atoms with van der Waals surface area (Å²) in [6.45, 7) is 4.28. The number of carbonyl (C=O) groups excluding carboxylic acids is 1. The maximum absolute atomic E-state index is 12.6. The Morgan fingerprint density at radius 1 is 1.41 bits per heavy atom. The number of halogens is 1. The van der Waals surface area contributed by atoms with Gasteiger partial charge in [0, 0.05) is 22.5 Å². The second-order valence-electron chi connectivity index (χ2n) is 5.40. The molecule has 0 saturated carbocycles. The van der Waals surface area contributed by atoms with Gasteiger partial charge in [-0.1, -0.05) is 11.6 Å². The number of amides is 1. The van der Waals surface area contributed by atoms with Gasteiger partial charge >= 0.3 is 0 Å². The Balaban J connectivity index is 2.03. The van der Waals surface area contributed by atoms with E-state index in [2.05, 4.69) is 0 Å². The average Bonchev–Trinajstić information content (AvgIpc) is 2.82. The van der Waals surface area contributed by atoms with Crippen LogP contribution in [0.5, 0.6) is 0 Å². The van der Waals surface area contributed by atoms with E-state index in [4.69, 9.17) is 11.6 Å². The van der Waals surface area contributed by atoms with Gasteiger partial charge in [0.2, 0.25) is 5.91 Å². The molecule has 1 amide bonds. The lowest BCUT2D eigenvalue weighted by Crippen LogP contribution is -2.44. The smallest absolute Gasteiger partial charge is 0.236 e. The molecule has 0 aliphatic carbocycles. The van der Waals surface area contributed by atoms with Crippen LogP contribution in [0.15, 0.2) is 29.2 Å². The maximum Gasteiger partial charge on any atom is 0.236 e. The van der Waals surface area contributed by atoms with Crippen LogP contribution in [0.2, 0.25) is 5.02 Å². The molecule has 0 aromatic heterocycles. The van der Waals surface area contributed by atoms with Crippen molar-refractivity contribution in [2.24, 2.45) is 0 Å². The summed E-state index contributed by atoms with van der Waals surface area (Å²) in [5.41, 5.74) is 0. The lowest BCUT2D eigenvalue weighted by atomic mass is 10.2. The van der Waals surface area contributed by atoms with Gasteiger partial charge in [0.25, 0.3) is 0 Å². The van der Waals surface area contributed by atoms with Crippen molar-refractivity contribution >= 4 is 39.1 Å². The summed E-state index contributed by atoms with van der Waals surface area (Å²) in [6.07, 6.45) is 0.542. The van der Waals surface area contributed by atoms with Crippen molar-refractivity contribution in [3.05, 3.63) is 29.3 Å². The zero-order valence-corrected chi connectivity index (χ0v) is 15.0. The van der Waals surface area contributed by atoms with E-state index in [-0.39, 0.29) is 28.7 Å². The summed E-state index contributed by atoms with van der Waals surface area (Å²) in [5.74, 6) is 0.259. The van der Waals surface area contributed by atoms with Gasteiger partial charge in [-0.2, -0.15) is 0 Å². The normalized spacial score (nSPS) is 21.5. The fourth-order valence-electron chi connectivity index (χ4n) is 2.62. The fraction of sp³-hybridized carbons (Fsp3) is 0.533. The minimum atomic E-state index is -2.99. The zero-order chi connectivity index (χ0) is 16.3. The first-order valence-corrected chi connectivity index (χ1v) is 10.3. The van der Waals surface area contributed by atoms with Gasteiger partial charge in [0.05, 0.1) is 16.8 Å². The monoisotopic (exact) mass is 361 g/mol. The number of sulfone groups is 1. The van der Waals surface area contributed by atoms with Crippen LogP contribution in [0.4, 0.5) is 0 Å². The van der Waals surface area contributed by atoms with Crippen LogP contribution in [0.3, 0.4) is 0 Å². The van der Waals surface area contributed by atoms with Crippen LogP contribution >= 0.6 is 23.4 Å². The minimum absolute atomic E-state index is 0.00968. The number of hydrogen-bond donors (Lipinski definition) is 0. The Morgan fingerprint density at radius 2 is 2.05 bits per heavy atom. The van der Waals surface area contributed by atoms with E-state index in [9.17, 15) is 13.2 Å². The number of hydrogen-bond acceptors (Lipinski definition) is 4. The number of benzene rings is 1. The van der Waals surface area contributed by atoms with Crippen LogP contribution < -0.4 is 0 Å². The predicted octanol–water partition coefficient (Wildman–Crippen LogP) is 2.86. The second-order valence-corrected chi connectivity index (χ2v) is 9.47. The highest BCUT2D eigenvalue weighted by Crippen LogP contribution is 2.27. The Labute approximate surface area is 141 Å². The van der Waals surface area contributed by atoms with E-state index < -0.39 is 9.84 Å². The van der Waals surface area contributed by atoms with Gasteiger partial charge in [-0.25, -0.2) is 8.42 Å². The molecule has 2 rings (SSSR count). The Morgan fingerprint density at radius 3 is 2.55 bits per heavy atom. The molecule has 0 spiro atoms. The molecule has 2 atom stereocenters. The first kappa shape index (κ1) is 17.6. The third kappa shape index (κ3) is 4.40. The van der Waals surface area contributed by atoms with Crippen molar-refractivity contribution in [2.45, 2.75) is 36.5 Å². The highest BCUT2D eigenvalue weighted by molar-refractivity contribution is 8.00. The molecule has 1 saturated heterocycles. The van der Waals surface area contributed by atoms with Crippen molar-refractivity contribution in [1.82, 2.24) is 4.90 Å². The van der Waals surface area contributed by atoms with Crippen LogP contribution in [0.1, 0.15) is 20.3 Å². The molecule has 0 bridgehead atoms. The van der Waals surface area contributed by atoms with Crippen molar-refractivity contribution in [1.29, 1.82) is 0 Å². The lowest BCUT2D eigenvalue weighted by Gasteiger charge is -2.29. The van der Waals surface area contributed by atoms with E-state index in [1.807, 2.05) is 26.0 Å². The molecule has 4 nitrogen and oxygen atoms in total. The van der Waals surface area contributed by atoms with Gasteiger partial charge in [0.1, 0.15) is 0 Å². The molecule has 1 aromatic carbocycles. The first-order valence-electron chi connectivity index (χ1n) is 7.25. The number of thioether (sulfide) groups is 1. The van der Waals surface area contributed by atoms with Crippen LogP contribution in [-0.2, 0) is 14.6 Å². The standard InChI is InChI=1S/C15H20ClNO3S2/c1-3-17(13-8-9-22(19,20)10-13)15(18)11(2)21-14-6-4-12(16)5-7-14/h4-7,11,13H,3,8-10H2,1-2H3. The average molecular weight is 362 g/mol. The summed E-state index contributed by atoms with van der Waals surface area (Å²) in [7, 11) is -2.99. The predicted molar refractivity (Wildman–Crippen MR) is 91.2 cm³/mol. The van der Waals surface area contributed by atoms with Crippen LogP contribution in [0.25, 0.3) is 0 Å². The summed E-state index contributed by atoms with van der Waals surface area (Å²) < 4.78 is 23.2. The molecule has 1 aliphatic rings. The van der Waals surface area contributed by atoms with Crippen molar-refractivity contribution in [3.63, 3.8) is 0 Å². The largest absolute Gasteiger partial charge is 0.338 e. The molecule has 2 unspecified atom stereocenters. The van der Waals surface area contributed by atoms with E-state index >= 15 is 0 Å². The molecule has 1 aromatic rings. The highest BCUT2D eigenvalue weighted by Gasteiger charge is 2.35. The molecular formula is C15H20ClNO3S2. The van der Waals surface area contributed by atoms with Gasteiger partial charge in [0.15, 0.2) is 9.84 Å². The van der Waals surface area contributed by atoms with Gasteiger partial charge in [-0.05, 0) is 44.5 Å². The van der Waals surface area contributed by atoms with Crippen LogP contribution in [-0.4, -0.2) is 48.6 Å². The van der Waals surface area contributed by atoms with E-state index in [1.54, 1.807) is 17.0 Å². The summed E-state index contributed by atoms with van der Waals surface area (Å²) in [5, 5.41) is 0.402. The molecule has 1 heterocycles. The van der Waals surface area contributed by atoms with Gasteiger partial charge in [-0.15, -0.1) is 11.8 Å². The first-order chi connectivity index (χ1) is 10.3. The summed E-state index contributed by atoms with van der Waals surface area (Å²) >= 11 is 7.32. The summed E-state index contributed by atoms with van der Waals surface area (Å²) in [4.78, 5) is 15.3. The Bertz CT molecular complexity index is 631. The molecule has 0 radical (unpaired) electrons. The quantitative estimate of drug-likeness (QED) is 0.757. The minimum Gasteiger partial charge on any atom is -0.338 e. The van der Waals surface area contributed by atoms with Crippen molar-refractivity contribution in [3.8, 4) is 0 Å². The fourth-order valence-corrected chi connectivity index (χ4v) is 5.41. The van der Waals surface area contributed by atoms with Gasteiger partial charge in [-0.3, -0.25) is 4.79 Å². The molecule has 1 aliphatic heterocycles. The molecular weight excluding hydrogens is 342 g/mol. The maximum atomic E-state index is 12.6. The molecule has 7 heteroatoms. The molecule has 0 N–H and O–H groups in total. The third-order valence-corrected chi connectivity index (χ3v) is 6.85. The van der Waals surface area contributed by atoms with Crippen molar-refractivity contribution < 1.29 is 13.2 Å². The third-order valence-electron chi connectivity index (χ3n) is 3.75. The van der Waals surface area contributed by atoms with E-state index in [1.165, 1.54) is 11.8 Å². The lowest BCUT2D eigenvalue weighted by molar-refractivity contribution is -0.131. The Kier molecular flexibility index (Phi) is 5.80. The van der Waals surface area contributed by atoms with Gasteiger partial charge < -0.3 is 4.90 Å². The zero-order valence-electron chi connectivity index (χ0n) is 12.7. The number of carbonyl (C=O) groups is 1. The van der Waals surface area contributed by atoms with Crippen molar-refractivity contribution in [2.75, 3.05) is 18.1 Å². The number of rotatable bonds is 5. The van der Waals surface area contributed by atoms with E-state index in [0.717, 1.165) is 4.90 Å². The number of nitrogens with zero attached hydrogens (tertiary/aromatic N) is 1. The topological polar surface area (TPSA) is 54.5 Å². The Hall–Kier alpha value is -0.720. The SMILES string of the molecule is CCN(C(=O)C(C)Sc1ccc(Cl)cc1)C1CCS(=O)(=O)C1. The molecule has 22 heavy (non-hydrogen) atoms. The van der Waals surface area contributed by atoms with E-state index in [0.29, 0.717) is 18.0 Å².